The third-order valence-corrected chi connectivity index (χ3v) is 4.79. The maximum atomic E-state index is 6.44. The first kappa shape index (κ1) is 16.6. The Morgan fingerprint density at radius 1 is 1.38 bits per heavy atom. The van der Waals surface area contributed by atoms with Gasteiger partial charge in [-0.1, -0.05) is 32.4 Å². The predicted octanol–water partition coefficient (Wildman–Crippen LogP) is 4.84. The van der Waals surface area contributed by atoms with Gasteiger partial charge in [0, 0.05) is 16.6 Å². The van der Waals surface area contributed by atoms with Gasteiger partial charge in [0.2, 0.25) is 0 Å². The van der Waals surface area contributed by atoms with Crippen molar-refractivity contribution in [1.82, 2.24) is 0 Å². The van der Waals surface area contributed by atoms with Gasteiger partial charge in [-0.05, 0) is 61.6 Å². The van der Waals surface area contributed by atoms with Gasteiger partial charge in [-0.2, -0.15) is 0 Å². The fourth-order valence-corrected chi connectivity index (χ4v) is 2.77. The summed E-state index contributed by atoms with van der Waals surface area (Å²) in [6.45, 7) is 9.41. The molecule has 2 rings (SSSR count). The van der Waals surface area contributed by atoms with Gasteiger partial charge >= 0.3 is 0 Å². The second-order valence-corrected chi connectivity index (χ2v) is 7.07. The number of benzene rings is 1. The average Bonchev–Trinajstić information content (AvgIpc) is 3.26. The third-order valence-electron chi connectivity index (χ3n) is 4.40. The molecule has 0 amide bonds. The Morgan fingerprint density at radius 2 is 2.05 bits per heavy atom. The van der Waals surface area contributed by atoms with E-state index in [4.69, 9.17) is 22.1 Å². The van der Waals surface area contributed by atoms with E-state index < -0.39 is 0 Å². The molecule has 1 atom stereocenters. The number of ether oxygens (including phenoxy) is 1. The molecule has 1 aliphatic carbocycles. The molecule has 1 aliphatic rings. The SMILES string of the molecule is CCC(N)Cc1c(C)c(Cl)cc(C(C)C)c1OCC1CC1. The summed E-state index contributed by atoms with van der Waals surface area (Å²) in [6, 6.07) is 2.23. The molecule has 118 valence electrons. The van der Waals surface area contributed by atoms with E-state index in [1.807, 2.05) is 0 Å². The molecule has 0 aromatic heterocycles. The highest BCUT2D eigenvalue weighted by atomic mass is 35.5. The van der Waals surface area contributed by atoms with E-state index in [0.29, 0.717) is 5.92 Å². The number of hydrogen-bond donors (Lipinski definition) is 1. The molecule has 0 bridgehead atoms. The van der Waals surface area contributed by atoms with Gasteiger partial charge in [-0.15, -0.1) is 0 Å². The molecule has 2 nitrogen and oxygen atoms in total. The number of rotatable bonds is 7. The second kappa shape index (κ2) is 7.02. The van der Waals surface area contributed by atoms with Crippen LogP contribution >= 0.6 is 11.6 Å². The molecule has 2 N–H and O–H groups in total. The Balaban J connectivity index is 2.39. The van der Waals surface area contributed by atoms with Crippen molar-refractivity contribution >= 4 is 11.6 Å². The van der Waals surface area contributed by atoms with E-state index in [1.54, 1.807) is 0 Å². The molecule has 0 radical (unpaired) electrons. The highest BCUT2D eigenvalue weighted by molar-refractivity contribution is 6.31. The largest absolute Gasteiger partial charge is 0.493 e. The molecular formula is C18H28ClNO. The van der Waals surface area contributed by atoms with Crippen LogP contribution in [0, 0.1) is 12.8 Å². The summed E-state index contributed by atoms with van der Waals surface area (Å²) < 4.78 is 6.22. The quantitative estimate of drug-likeness (QED) is 0.782. The van der Waals surface area contributed by atoms with Crippen LogP contribution in [0.2, 0.25) is 5.02 Å². The molecule has 1 saturated carbocycles. The average molecular weight is 310 g/mol. The normalized spacial score (nSPS) is 16.3. The summed E-state index contributed by atoms with van der Waals surface area (Å²) in [6.07, 6.45) is 4.40. The molecule has 0 saturated heterocycles. The van der Waals surface area contributed by atoms with Gasteiger partial charge < -0.3 is 10.5 Å². The van der Waals surface area contributed by atoms with Crippen molar-refractivity contribution in [2.24, 2.45) is 11.7 Å². The molecule has 0 aliphatic heterocycles. The highest BCUT2D eigenvalue weighted by Crippen LogP contribution is 2.39. The first-order chi connectivity index (χ1) is 9.93. The monoisotopic (exact) mass is 309 g/mol. The van der Waals surface area contributed by atoms with E-state index in [9.17, 15) is 0 Å². The van der Waals surface area contributed by atoms with E-state index in [1.165, 1.54) is 24.0 Å². The molecule has 0 heterocycles. The summed E-state index contributed by atoms with van der Waals surface area (Å²) in [4.78, 5) is 0. The van der Waals surface area contributed by atoms with Crippen LogP contribution in [0.4, 0.5) is 0 Å². The summed E-state index contributed by atoms with van der Waals surface area (Å²) in [7, 11) is 0. The van der Waals surface area contributed by atoms with Crippen LogP contribution in [0.5, 0.6) is 5.75 Å². The molecule has 1 unspecified atom stereocenters. The van der Waals surface area contributed by atoms with Crippen LogP contribution in [-0.2, 0) is 6.42 Å². The van der Waals surface area contributed by atoms with Crippen LogP contribution in [0.1, 0.15) is 62.6 Å². The highest BCUT2D eigenvalue weighted by Gasteiger charge is 2.25. The summed E-state index contributed by atoms with van der Waals surface area (Å²) in [5.41, 5.74) is 9.73. The van der Waals surface area contributed by atoms with Crippen molar-refractivity contribution < 1.29 is 4.74 Å². The zero-order valence-electron chi connectivity index (χ0n) is 13.7. The van der Waals surface area contributed by atoms with Crippen molar-refractivity contribution in [2.75, 3.05) is 6.61 Å². The molecular weight excluding hydrogens is 282 g/mol. The maximum Gasteiger partial charge on any atom is 0.126 e. The summed E-state index contributed by atoms with van der Waals surface area (Å²) >= 11 is 6.44. The van der Waals surface area contributed by atoms with Crippen molar-refractivity contribution in [3.05, 3.63) is 27.8 Å². The molecule has 0 spiro atoms. The van der Waals surface area contributed by atoms with E-state index in [-0.39, 0.29) is 6.04 Å². The first-order valence-electron chi connectivity index (χ1n) is 8.14. The van der Waals surface area contributed by atoms with Crippen molar-refractivity contribution in [3.63, 3.8) is 0 Å². The smallest absolute Gasteiger partial charge is 0.126 e. The Bertz CT molecular complexity index is 494. The van der Waals surface area contributed by atoms with Crippen LogP contribution in [0.25, 0.3) is 0 Å². The van der Waals surface area contributed by atoms with Gasteiger partial charge in [-0.25, -0.2) is 0 Å². The van der Waals surface area contributed by atoms with Crippen molar-refractivity contribution in [1.29, 1.82) is 0 Å². The fourth-order valence-electron chi connectivity index (χ4n) is 2.54. The number of hydrogen-bond acceptors (Lipinski definition) is 2. The second-order valence-electron chi connectivity index (χ2n) is 6.66. The minimum atomic E-state index is 0.158. The minimum Gasteiger partial charge on any atom is -0.493 e. The lowest BCUT2D eigenvalue weighted by Crippen LogP contribution is -2.23. The van der Waals surface area contributed by atoms with Gasteiger partial charge in [0.1, 0.15) is 5.75 Å². The summed E-state index contributed by atoms with van der Waals surface area (Å²) in [5.74, 6) is 2.19. The molecule has 1 fully saturated rings. The van der Waals surface area contributed by atoms with Crippen LogP contribution in [0.15, 0.2) is 6.07 Å². The topological polar surface area (TPSA) is 35.2 Å². The number of halogens is 1. The lowest BCUT2D eigenvalue weighted by Gasteiger charge is -2.22. The van der Waals surface area contributed by atoms with Crippen molar-refractivity contribution in [3.8, 4) is 5.75 Å². The Hall–Kier alpha value is -0.730. The first-order valence-corrected chi connectivity index (χ1v) is 8.52. The fraction of sp³-hybridized carbons (Fsp3) is 0.667. The van der Waals surface area contributed by atoms with E-state index in [2.05, 4.69) is 33.8 Å². The van der Waals surface area contributed by atoms with Gasteiger partial charge in [0.15, 0.2) is 0 Å². The molecule has 1 aromatic rings. The van der Waals surface area contributed by atoms with Crippen molar-refractivity contribution in [2.45, 2.75) is 65.3 Å². The Morgan fingerprint density at radius 3 is 2.57 bits per heavy atom. The van der Waals surface area contributed by atoms with Gasteiger partial charge in [0.05, 0.1) is 6.61 Å². The maximum absolute atomic E-state index is 6.44. The summed E-state index contributed by atoms with van der Waals surface area (Å²) in [5, 5.41) is 0.829. The third kappa shape index (κ3) is 4.14. The molecule has 21 heavy (non-hydrogen) atoms. The zero-order valence-corrected chi connectivity index (χ0v) is 14.5. The predicted molar refractivity (Wildman–Crippen MR) is 90.5 cm³/mol. The Kier molecular flexibility index (Phi) is 5.56. The lowest BCUT2D eigenvalue weighted by atomic mass is 9.92. The lowest BCUT2D eigenvalue weighted by molar-refractivity contribution is 0.292. The standard InChI is InChI=1S/C18H28ClNO/c1-5-14(20)8-16-12(4)17(19)9-15(11(2)3)18(16)21-10-13-6-7-13/h9,11,13-14H,5-8,10,20H2,1-4H3. The van der Waals surface area contributed by atoms with Gasteiger partial charge in [-0.3, -0.25) is 0 Å². The molecule has 3 heteroatoms. The minimum absolute atomic E-state index is 0.158. The van der Waals surface area contributed by atoms with Crippen LogP contribution < -0.4 is 10.5 Å². The van der Waals surface area contributed by atoms with Gasteiger partial charge in [0.25, 0.3) is 0 Å². The zero-order chi connectivity index (χ0) is 15.6. The molecule has 1 aromatic carbocycles. The van der Waals surface area contributed by atoms with Crippen LogP contribution in [0.3, 0.4) is 0 Å². The van der Waals surface area contributed by atoms with Crippen LogP contribution in [-0.4, -0.2) is 12.6 Å². The van der Waals surface area contributed by atoms with E-state index >= 15 is 0 Å². The number of nitrogens with two attached hydrogens (primary N) is 1. The van der Waals surface area contributed by atoms with E-state index in [0.717, 1.165) is 41.7 Å². The Labute approximate surface area is 134 Å².